The third-order valence-electron chi connectivity index (χ3n) is 17.4. The second kappa shape index (κ2) is 66.9. The Morgan fingerprint density at radius 3 is 0.543 bits per heavy atom. The molecule has 0 aromatic rings. The molecule has 0 atom stereocenters. The summed E-state index contributed by atoms with van der Waals surface area (Å²) in [7, 11) is 0. The smallest absolute Gasteiger partial charge is 0.662 e. The summed E-state index contributed by atoms with van der Waals surface area (Å²) in [6.07, 6.45) is -0.728. The van der Waals surface area contributed by atoms with Crippen LogP contribution in [0.1, 0.15) is 122 Å². The van der Waals surface area contributed by atoms with E-state index in [2.05, 4.69) is 26.2 Å². The molecule has 4 aliphatic rings. The Morgan fingerprint density at radius 1 is 0.290 bits per heavy atom. The zero-order valence-corrected chi connectivity index (χ0v) is 80.4. The first-order chi connectivity index (χ1) is 64.2. The van der Waals surface area contributed by atoms with Crippen LogP contribution < -0.4 is 61.8 Å². The summed E-state index contributed by atoms with van der Waals surface area (Å²) in [4.78, 5) is 276. The maximum atomic E-state index is 12.2. The number of nitrogens with one attached hydrogen (secondary N) is 4. The minimum absolute atomic E-state index is 0. The maximum Gasteiger partial charge on any atom is 1.00 e. The van der Waals surface area contributed by atoms with Gasteiger partial charge in [-0.2, -0.15) is 0 Å². The third-order valence-corrected chi connectivity index (χ3v) is 17.4. The van der Waals surface area contributed by atoms with Gasteiger partial charge in [0.1, 0.15) is 80.5 Å². The molecular formula is C79H124N9NaO49. The van der Waals surface area contributed by atoms with Gasteiger partial charge in [-0.1, -0.05) is 0 Å². The molecule has 0 unspecified atom stereocenters. The number of hydroxylamine groups is 8. The summed E-state index contributed by atoms with van der Waals surface area (Å²) < 4.78 is 89.1. The molecule has 0 saturated carbocycles. The van der Waals surface area contributed by atoms with Crippen LogP contribution in [0.4, 0.5) is 0 Å². The standard InChI is InChI=1S/C37H48N4O24.C37H64N4O20.C4H9NO2.CH2O3.Na.H2/c42-25-1-2-26(43)38(25)62-33(50)17-54-9-13-58-21-37(22-59-14-10-55-18-34(51)63-39-27(44)3-4-28(39)45,23-60-15-11-56-19-35(52)64-40-29(46)5-6-30(40)47)24-61-16-12-57-20-36(53)65-41-31(48)7-8-32(41)49;1-33(2,29(46)47)38-25(42)17-54-9-13-58-21-37(22-59-14-10-55-18-26(43)39-34(3,4)30(48)49,23-60-15-11-56-19-27(44)40-35(5,6)31(50)51)24-61-16-12-57-20-28(45)41-36(7,8)32(52)53;1-4(2,5)3(6)7;2-1-4-3;;/h1-24H2;9-24H2,1-8H3,(H,38,42)(H,39,43)(H,40,44)(H,41,45)(H,46,47)(H,48,49)(H,50,51)(H,52,53);5H2,1-2H3,(H,6,7);1,3H;;1H/q;;;;+1;/p-1. The fourth-order valence-electron chi connectivity index (χ4n) is 9.93. The van der Waals surface area contributed by atoms with Crippen molar-refractivity contribution in [2.45, 2.75) is 148 Å². The van der Waals surface area contributed by atoms with Gasteiger partial charge in [0.15, 0.2) is 0 Å². The molecule has 4 heterocycles. The Bertz CT molecular complexity index is 3490. The third kappa shape index (κ3) is 54.7. The van der Waals surface area contributed by atoms with Crippen molar-refractivity contribution in [2.24, 2.45) is 16.6 Å². The van der Waals surface area contributed by atoms with Gasteiger partial charge >= 0.3 is 83.3 Å². The molecule has 11 N–H and O–H groups in total. The molecule has 59 heteroatoms. The molecule has 0 radical (unpaired) electrons. The van der Waals surface area contributed by atoms with Crippen molar-refractivity contribution in [3.63, 3.8) is 0 Å². The van der Waals surface area contributed by atoms with E-state index in [0.717, 1.165) is 0 Å². The van der Waals surface area contributed by atoms with Gasteiger partial charge in [-0.25, -0.2) is 38.4 Å². The molecule has 0 aliphatic carbocycles. The molecular weight excluding hydrogens is 1880 g/mol. The van der Waals surface area contributed by atoms with Crippen LogP contribution in [0.15, 0.2) is 0 Å². The van der Waals surface area contributed by atoms with Crippen LogP contribution in [-0.4, -0.2) is 416 Å². The van der Waals surface area contributed by atoms with E-state index in [1.54, 1.807) is 0 Å². The van der Waals surface area contributed by atoms with Crippen LogP contribution in [0.25, 0.3) is 0 Å². The zero-order valence-electron chi connectivity index (χ0n) is 78.4. The van der Waals surface area contributed by atoms with Gasteiger partial charge in [0.25, 0.3) is 53.7 Å². The number of amides is 12. The molecule has 4 fully saturated rings. The number of hydrogen-bond acceptors (Lipinski definition) is 45. The summed E-state index contributed by atoms with van der Waals surface area (Å²) in [6, 6.07) is 0. The van der Waals surface area contributed by atoms with Gasteiger partial charge < -0.3 is 158 Å². The number of imide groups is 4. The van der Waals surface area contributed by atoms with Gasteiger partial charge in [0, 0.05) is 52.8 Å². The predicted octanol–water partition coefficient (Wildman–Crippen LogP) is -9.95. The van der Waals surface area contributed by atoms with E-state index < -0.39 is 216 Å². The molecule has 4 aliphatic heterocycles. The second-order valence-corrected chi connectivity index (χ2v) is 32.2. The summed E-state index contributed by atoms with van der Waals surface area (Å²) in [6.45, 7) is 5.88. The van der Waals surface area contributed by atoms with E-state index in [-0.39, 0.29) is 247 Å². The number of ether oxygens (including phenoxy) is 16. The maximum absolute atomic E-state index is 12.2. The summed E-state index contributed by atoms with van der Waals surface area (Å²) in [5, 5.41) is 64.2. The Hall–Kier alpha value is -10.6. The molecule has 138 heavy (non-hydrogen) atoms. The number of hydrogen-bond donors (Lipinski definition) is 10. The number of carboxylic acids is 5. The van der Waals surface area contributed by atoms with E-state index in [4.69, 9.17) is 116 Å². The number of aliphatic carboxylic acids is 5. The van der Waals surface area contributed by atoms with Crippen molar-refractivity contribution in [3.05, 3.63) is 0 Å². The molecule has 0 spiro atoms. The van der Waals surface area contributed by atoms with Crippen molar-refractivity contribution < 1.29 is 267 Å². The molecule has 0 aromatic carbocycles. The largest absolute Gasteiger partial charge is 1.00 e. The Morgan fingerprint density at radius 2 is 0.420 bits per heavy atom. The van der Waals surface area contributed by atoms with Crippen molar-refractivity contribution in [3.8, 4) is 0 Å². The van der Waals surface area contributed by atoms with Crippen molar-refractivity contribution in [2.75, 3.05) is 211 Å². The number of nitrogens with two attached hydrogens (primary N) is 1. The Labute approximate surface area is 812 Å². The quantitative estimate of drug-likeness (QED) is 0.00675. The van der Waals surface area contributed by atoms with Crippen LogP contribution in [-0.2, 0) is 206 Å². The van der Waals surface area contributed by atoms with Crippen molar-refractivity contribution >= 4 is 131 Å². The SMILES string of the molecule is CC(C)(N)C(=O)O.CC(C)(NC(=O)COCCOCC(COCCOCC(=O)NC(C)(C)C(=O)O)(COCCOCC(=O)NC(C)(C)C(=O)O)COCCOCC(=O)NC(C)(C)C(=O)O)C(=O)O.O=C(COCCOCC(COCCOCC(=O)ON1C(=O)CCC1=O)(COCCOCC(=O)ON1C(=O)CCC1=O)COCCOCC(=O)ON1C(=O)CCC1=O)ON1C(=O)CCC1=O.O=CO[O-].[HH].[Na+]. The van der Waals surface area contributed by atoms with E-state index in [9.17, 15) is 121 Å². The number of carboxylic acid groups (broad SMARTS) is 5. The topological polar surface area (TPSA) is 781 Å². The average Bonchev–Trinajstić information content (AvgIpc) is 1.86. The Kier molecular flexibility index (Phi) is 61.8. The van der Waals surface area contributed by atoms with Gasteiger partial charge in [0.2, 0.25) is 23.6 Å². The summed E-state index contributed by atoms with van der Waals surface area (Å²) in [5.41, 5.74) is -4.37. The molecule has 58 nitrogen and oxygen atoms in total. The van der Waals surface area contributed by atoms with Crippen molar-refractivity contribution in [1.82, 2.24) is 41.5 Å². The number of nitrogens with zero attached hydrogens (tertiary/aromatic N) is 4. The molecule has 12 amide bonds. The molecule has 4 saturated heterocycles. The minimum atomic E-state index is -1.52. The summed E-state index contributed by atoms with van der Waals surface area (Å²) in [5.74, 6) is -18.0. The van der Waals surface area contributed by atoms with Crippen LogP contribution in [0.2, 0.25) is 0 Å². The molecule has 4 rings (SSSR count). The van der Waals surface area contributed by atoms with E-state index in [0.29, 0.717) is 20.3 Å². The van der Waals surface area contributed by atoms with E-state index in [1.165, 1.54) is 69.2 Å². The van der Waals surface area contributed by atoms with Crippen LogP contribution in [0.3, 0.4) is 0 Å². The fraction of sp³-hybridized carbons (Fsp3) is 0.722. The minimum Gasteiger partial charge on any atom is -0.662 e. The second-order valence-electron chi connectivity index (χ2n) is 32.2. The molecule has 780 valence electrons. The van der Waals surface area contributed by atoms with Crippen LogP contribution >= 0.6 is 0 Å². The fourth-order valence-corrected chi connectivity index (χ4v) is 9.93. The average molecular weight is 2010 g/mol. The monoisotopic (exact) mass is 2010 g/mol. The number of carbonyl (C=O) groups is 22. The number of carbonyl (C=O) groups excluding carboxylic acids is 17. The van der Waals surface area contributed by atoms with Crippen LogP contribution in [0, 0.1) is 10.8 Å². The Balaban J connectivity index is 0. The van der Waals surface area contributed by atoms with Gasteiger partial charge in [-0.3, -0.25) is 67.1 Å². The first-order valence-corrected chi connectivity index (χ1v) is 41.6. The molecule has 0 bridgehead atoms. The van der Waals surface area contributed by atoms with E-state index >= 15 is 0 Å². The van der Waals surface area contributed by atoms with Gasteiger partial charge in [-0.05, 0) is 69.2 Å². The predicted molar refractivity (Wildman–Crippen MR) is 441 cm³/mol. The summed E-state index contributed by atoms with van der Waals surface area (Å²) >= 11 is 0. The normalized spacial score (nSPS) is 14.1. The molecule has 0 aromatic heterocycles. The van der Waals surface area contributed by atoms with Crippen molar-refractivity contribution in [1.29, 1.82) is 0 Å². The number of rotatable bonds is 70. The van der Waals surface area contributed by atoms with Crippen LogP contribution in [0.5, 0.6) is 0 Å². The zero-order chi connectivity index (χ0) is 104. The first-order valence-electron chi connectivity index (χ1n) is 41.6. The van der Waals surface area contributed by atoms with Gasteiger partial charge in [0.05, 0.1) is 169 Å². The van der Waals surface area contributed by atoms with Gasteiger partial charge in [-0.15, -0.1) is 20.3 Å². The van der Waals surface area contributed by atoms with E-state index in [1.807, 2.05) is 0 Å². The first kappa shape index (κ1) is 127.